The molecule has 0 atom stereocenters. The average Bonchev–Trinajstić information content (AvgIpc) is 2.62. The van der Waals surface area contributed by atoms with Gasteiger partial charge in [-0.2, -0.15) is 0 Å². The minimum Gasteiger partial charge on any atom is -0.329 e. The lowest BCUT2D eigenvalue weighted by Gasteiger charge is -2.34. The van der Waals surface area contributed by atoms with Crippen molar-refractivity contribution in [3.63, 3.8) is 0 Å². The molecule has 0 fully saturated rings. The van der Waals surface area contributed by atoms with E-state index in [2.05, 4.69) is 55.5 Å². The first-order chi connectivity index (χ1) is 9.31. The van der Waals surface area contributed by atoms with Crippen LogP contribution in [-0.2, 0) is 18.3 Å². The minimum atomic E-state index is -0.0102. The molecule has 0 saturated heterocycles. The summed E-state index contributed by atoms with van der Waals surface area (Å²) < 4.78 is 0. The molecule has 1 aliphatic rings. The Kier molecular flexibility index (Phi) is 3.16. The lowest BCUT2D eigenvalue weighted by Crippen LogP contribution is -2.36. The lowest BCUT2D eigenvalue weighted by atomic mass is 9.71. The number of hydrogen-bond acceptors (Lipinski definition) is 1. The molecule has 0 bridgehead atoms. The van der Waals surface area contributed by atoms with Crippen molar-refractivity contribution in [2.45, 2.75) is 31.6 Å². The molecule has 98 valence electrons. The summed E-state index contributed by atoms with van der Waals surface area (Å²) in [5.41, 5.74) is 12.0. The smallest absolute Gasteiger partial charge is 0.0327 e. The van der Waals surface area contributed by atoms with E-state index in [0.29, 0.717) is 6.54 Å². The van der Waals surface area contributed by atoms with Gasteiger partial charge in [0.1, 0.15) is 0 Å². The van der Waals surface area contributed by atoms with Crippen molar-refractivity contribution in [1.29, 1.82) is 0 Å². The molecule has 0 amide bonds. The van der Waals surface area contributed by atoms with Crippen LogP contribution in [0.5, 0.6) is 0 Å². The van der Waals surface area contributed by atoms with E-state index < -0.39 is 0 Å². The molecule has 0 spiro atoms. The van der Waals surface area contributed by atoms with Crippen LogP contribution in [0, 0.1) is 0 Å². The van der Waals surface area contributed by atoms with Gasteiger partial charge in [0, 0.05) is 12.0 Å². The predicted octanol–water partition coefficient (Wildman–Crippen LogP) is 3.44. The Hall–Kier alpha value is -1.60. The van der Waals surface area contributed by atoms with Gasteiger partial charge in [0.2, 0.25) is 0 Å². The van der Waals surface area contributed by atoms with E-state index in [0.717, 1.165) is 19.3 Å². The van der Waals surface area contributed by atoms with Gasteiger partial charge in [0.25, 0.3) is 0 Å². The first-order valence-electron chi connectivity index (χ1n) is 7.18. The van der Waals surface area contributed by atoms with Gasteiger partial charge in [0.15, 0.2) is 0 Å². The van der Waals surface area contributed by atoms with Crippen molar-refractivity contribution < 1.29 is 0 Å². The molecule has 0 aliphatic heterocycles. The molecule has 1 aliphatic carbocycles. The molecule has 1 nitrogen and oxygen atoms in total. The molecule has 0 unspecified atom stereocenters. The maximum absolute atomic E-state index is 6.25. The Morgan fingerprint density at radius 1 is 0.895 bits per heavy atom. The van der Waals surface area contributed by atoms with Crippen molar-refractivity contribution in [3.05, 3.63) is 70.8 Å². The number of aryl methyl sites for hydroxylation is 2. The number of rotatable bonds is 2. The zero-order valence-corrected chi connectivity index (χ0v) is 11.5. The maximum atomic E-state index is 6.25. The molecular weight excluding hydrogens is 230 g/mol. The zero-order valence-electron chi connectivity index (χ0n) is 11.5. The van der Waals surface area contributed by atoms with Crippen molar-refractivity contribution in [2.24, 2.45) is 5.73 Å². The van der Waals surface area contributed by atoms with E-state index >= 15 is 0 Å². The number of benzene rings is 2. The second-order valence-corrected chi connectivity index (χ2v) is 5.45. The maximum Gasteiger partial charge on any atom is 0.0327 e. The second-order valence-electron chi connectivity index (χ2n) is 5.45. The van der Waals surface area contributed by atoms with Crippen LogP contribution in [0.3, 0.4) is 0 Å². The summed E-state index contributed by atoms with van der Waals surface area (Å²) in [7, 11) is 0. The monoisotopic (exact) mass is 251 g/mol. The Balaban J connectivity index is 2.31. The van der Waals surface area contributed by atoms with Crippen molar-refractivity contribution in [3.8, 4) is 0 Å². The standard InChI is InChI=1S/C18H21N/c1-2-18(13-19)16-9-5-3-7-14(16)11-12-15-8-4-6-10-17(15)18/h3-10H,2,11-13,19H2,1H3. The highest BCUT2D eigenvalue weighted by atomic mass is 14.6. The van der Waals surface area contributed by atoms with Crippen LogP contribution >= 0.6 is 0 Å². The van der Waals surface area contributed by atoms with Crippen LogP contribution in [0.1, 0.15) is 35.6 Å². The molecule has 0 saturated carbocycles. The van der Waals surface area contributed by atoms with Gasteiger partial charge < -0.3 is 5.73 Å². The number of fused-ring (bicyclic) bond motifs is 2. The third kappa shape index (κ3) is 1.81. The summed E-state index contributed by atoms with van der Waals surface area (Å²) >= 11 is 0. The van der Waals surface area contributed by atoms with Crippen LogP contribution in [0.15, 0.2) is 48.5 Å². The number of nitrogens with two attached hydrogens (primary N) is 1. The van der Waals surface area contributed by atoms with Crippen molar-refractivity contribution >= 4 is 0 Å². The highest BCUT2D eigenvalue weighted by molar-refractivity contribution is 5.50. The Morgan fingerprint density at radius 3 is 1.79 bits per heavy atom. The second kappa shape index (κ2) is 4.82. The molecule has 3 rings (SSSR count). The van der Waals surface area contributed by atoms with E-state index in [1.807, 2.05) is 0 Å². The van der Waals surface area contributed by atoms with Gasteiger partial charge >= 0.3 is 0 Å². The average molecular weight is 251 g/mol. The summed E-state index contributed by atoms with van der Waals surface area (Å²) in [6.07, 6.45) is 3.29. The van der Waals surface area contributed by atoms with E-state index in [4.69, 9.17) is 5.73 Å². The first kappa shape index (κ1) is 12.4. The highest BCUT2D eigenvalue weighted by Gasteiger charge is 2.36. The third-order valence-electron chi connectivity index (χ3n) is 4.68. The molecule has 0 aromatic heterocycles. The van der Waals surface area contributed by atoms with Gasteiger partial charge in [-0.25, -0.2) is 0 Å². The normalized spacial score (nSPS) is 16.3. The summed E-state index contributed by atoms with van der Waals surface area (Å²) in [5.74, 6) is 0. The summed E-state index contributed by atoms with van der Waals surface area (Å²) in [5, 5.41) is 0. The fourth-order valence-corrected chi connectivity index (χ4v) is 3.57. The van der Waals surface area contributed by atoms with Gasteiger partial charge in [-0.3, -0.25) is 0 Å². The first-order valence-corrected chi connectivity index (χ1v) is 7.18. The fraction of sp³-hybridized carbons (Fsp3) is 0.333. The molecule has 2 aromatic carbocycles. The van der Waals surface area contributed by atoms with E-state index in [9.17, 15) is 0 Å². The fourth-order valence-electron chi connectivity index (χ4n) is 3.57. The van der Waals surface area contributed by atoms with Gasteiger partial charge in [-0.15, -0.1) is 0 Å². The van der Waals surface area contributed by atoms with E-state index in [1.165, 1.54) is 22.3 Å². The quantitative estimate of drug-likeness (QED) is 0.869. The van der Waals surface area contributed by atoms with Crippen LogP contribution in [-0.4, -0.2) is 6.54 Å². The third-order valence-corrected chi connectivity index (χ3v) is 4.68. The SMILES string of the molecule is CCC1(CN)c2ccccc2CCc2ccccc21. The lowest BCUT2D eigenvalue weighted by molar-refractivity contribution is 0.505. The molecule has 2 aromatic rings. The van der Waals surface area contributed by atoms with Crippen molar-refractivity contribution in [1.82, 2.24) is 0 Å². The van der Waals surface area contributed by atoms with Crippen LogP contribution in [0.4, 0.5) is 0 Å². The minimum absolute atomic E-state index is 0.0102. The molecule has 0 heterocycles. The van der Waals surface area contributed by atoms with E-state index in [-0.39, 0.29) is 5.41 Å². The Morgan fingerprint density at radius 2 is 1.37 bits per heavy atom. The molecule has 19 heavy (non-hydrogen) atoms. The molecule has 2 N–H and O–H groups in total. The Bertz CT molecular complexity index is 532. The van der Waals surface area contributed by atoms with Gasteiger partial charge in [0.05, 0.1) is 0 Å². The van der Waals surface area contributed by atoms with Gasteiger partial charge in [-0.05, 0) is 41.5 Å². The summed E-state index contributed by atoms with van der Waals surface area (Å²) in [4.78, 5) is 0. The Labute approximate surface area is 115 Å². The van der Waals surface area contributed by atoms with Crippen LogP contribution in [0.25, 0.3) is 0 Å². The molecular formula is C18H21N. The predicted molar refractivity (Wildman–Crippen MR) is 80.4 cm³/mol. The topological polar surface area (TPSA) is 26.0 Å². The zero-order chi connectivity index (χ0) is 13.3. The van der Waals surface area contributed by atoms with Gasteiger partial charge in [-0.1, -0.05) is 55.5 Å². The summed E-state index contributed by atoms with van der Waals surface area (Å²) in [6, 6.07) is 17.7. The largest absolute Gasteiger partial charge is 0.329 e. The molecule has 1 heteroatoms. The number of hydrogen-bond donors (Lipinski definition) is 1. The van der Waals surface area contributed by atoms with E-state index in [1.54, 1.807) is 0 Å². The summed E-state index contributed by atoms with van der Waals surface area (Å²) in [6.45, 7) is 2.93. The van der Waals surface area contributed by atoms with Crippen molar-refractivity contribution in [2.75, 3.05) is 6.54 Å². The van der Waals surface area contributed by atoms with Crippen LogP contribution < -0.4 is 5.73 Å². The molecule has 0 radical (unpaired) electrons. The highest BCUT2D eigenvalue weighted by Crippen LogP contribution is 2.41. The van der Waals surface area contributed by atoms with Crippen LogP contribution in [0.2, 0.25) is 0 Å².